The SMILES string of the molecule is Cn1c(-c2ccccc2)c(-c2ccccc2)c2cc(-c3ccccc3)ccc21. The van der Waals surface area contributed by atoms with Crippen molar-refractivity contribution in [3.63, 3.8) is 0 Å². The lowest BCUT2D eigenvalue weighted by atomic mass is 9.96. The molecule has 0 amide bonds. The second-order valence-corrected chi connectivity index (χ2v) is 7.11. The second kappa shape index (κ2) is 6.86. The van der Waals surface area contributed by atoms with Gasteiger partial charge in [-0.3, -0.25) is 0 Å². The first-order valence-electron chi connectivity index (χ1n) is 9.61. The number of aryl methyl sites for hydroxylation is 1. The van der Waals surface area contributed by atoms with Crippen LogP contribution in [0.15, 0.2) is 109 Å². The molecule has 0 radical (unpaired) electrons. The molecule has 0 saturated heterocycles. The lowest BCUT2D eigenvalue weighted by Gasteiger charge is -2.09. The van der Waals surface area contributed by atoms with E-state index in [0.717, 1.165) is 0 Å². The Morgan fingerprint density at radius 1 is 0.500 bits per heavy atom. The van der Waals surface area contributed by atoms with Crippen molar-refractivity contribution in [2.24, 2.45) is 7.05 Å². The van der Waals surface area contributed by atoms with Gasteiger partial charge in [0.25, 0.3) is 0 Å². The molecular weight excluding hydrogens is 338 g/mol. The molecule has 0 aliphatic heterocycles. The molecule has 0 spiro atoms. The second-order valence-electron chi connectivity index (χ2n) is 7.11. The normalized spacial score (nSPS) is 11.0. The molecule has 5 aromatic rings. The summed E-state index contributed by atoms with van der Waals surface area (Å²) in [7, 11) is 2.17. The topological polar surface area (TPSA) is 4.93 Å². The molecule has 1 aromatic heterocycles. The molecule has 0 bridgehead atoms. The number of rotatable bonds is 3. The molecule has 1 heteroatoms. The fourth-order valence-corrected chi connectivity index (χ4v) is 4.09. The Labute approximate surface area is 165 Å². The Morgan fingerprint density at radius 2 is 1.04 bits per heavy atom. The summed E-state index contributed by atoms with van der Waals surface area (Å²) >= 11 is 0. The predicted molar refractivity (Wildman–Crippen MR) is 119 cm³/mol. The number of nitrogens with zero attached hydrogens (tertiary/aromatic N) is 1. The van der Waals surface area contributed by atoms with Crippen LogP contribution in [-0.2, 0) is 7.05 Å². The zero-order valence-corrected chi connectivity index (χ0v) is 15.8. The highest BCUT2D eigenvalue weighted by Crippen LogP contribution is 2.41. The minimum absolute atomic E-state index is 1.24. The van der Waals surface area contributed by atoms with E-state index in [1.165, 1.54) is 44.4 Å². The summed E-state index contributed by atoms with van der Waals surface area (Å²) in [5, 5.41) is 1.29. The fourth-order valence-electron chi connectivity index (χ4n) is 4.09. The Kier molecular flexibility index (Phi) is 4.06. The molecule has 0 atom stereocenters. The first kappa shape index (κ1) is 16.6. The molecule has 0 unspecified atom stereocenters. The molecule has 4 aromatic carbocycles. The third-order valence-electron chi connectivity index (χ3n) is 5.42. The zero-order chi connectivity index (χ0) is 18.9. The van der Waals surface area contributed by atoms with Crippen molar-refractivity contribution in [1.82, 2.24) is 4.57 Å². The maximum absolute atomic E-state index is 2.33. The molecule has 0 saturated carbocycles. The van der Waals surface area contributed by atoms with Crippen molar-refractivity contribution in [3.8, 4) is 33.5 Å². The van der Waals surface area contributed by atoms with E-state index in [0.29, 0.717) is 0 Å². The van der Waals surface area contributed by atoms with Gasteiger partial charge in [-0.05, 0) is 34.4 Å². The molecule has 5 rings (SSSR count). The maximum atomic E-state index is 2.33. The lowest BCUT2D eigenvalue weighted by molar-refractivity contribution is 0.979. The third kappa shape index (κ3) is 2.73. The highest BCUT2D eigenvalue weighted by molar-refractivity contribution is 6.05. The Morgan fingerprint density at radius 3 is 1.64 bits per heavy atom. The van der Waals surface area contributed by atoms with E-state index >= 15 is 0 Å². The van der Waals surface area contributed by atoms with Gasteiger partial charge < -0.3 is 4.57 Å². The van der Waals surface area contributed by atoms with Gasteiger partial charge in [0.2, 0.25) is 0 Å². The predicted octanol–water partition coefficient (Wildman–Crippen LogP) is 7.18. The van der Waals surface area contributed by atoms with E-state index in [1.807, 2.05) is 0 Å². The molecule has 134 valence electrons. The molecule has 0 aliphatic rings. The average molecular weight is 359 g/mol. The van der Waals surface area contributed by atoms with E-state index in [9.17, 15) is 0 Å². The first-order chi connectivity index (χ1) is 13.8. The van der Waals surface area contributed by atoms with Crippen LogP contribution in [0.1, 0.15) is 0 Å². The average Bonchev–Trinajstić information content (AvgIpc) is 3.07. The maximum Gasteiger partial charge on any atom is 0.0568 e. The lowest BCUT2D eigenvalue weighted by Crippen LogP contribution is -1.92. The van der Waals surface area contributed by atoms with E-state index in [4.69, 9.17) is 0 Å². The van der Waals surface area contributed by atoms with E-state index in [1.54, 1.807) is 0 Å². The summed E-state index contributed by atoms with van der Waals surface area (Å²) in [5.74, 6) is 0. The van der Waals surface area contributed by atoms with Crippen LogP contribution < -0.4 is 0 Å². The first-order valence-corrected chi connectivity index (χ1v) is 9.61. The van der Waals surface area contributed by atoms with Gasteiger partial charge in [-0.1, -0.05) is 97.1 Å². The van der Waals surface area contributed by atoms with Gasteiger partial charge >= 0.3 is 0 Å². The van der Waals surface area contributed by atoms with Crippen LogP contribution in [0.3, 0.4) is 0 Å². The van der Waals surface area contributed by atoms with Crippen molar-refractivity contribution in [2.45, 2.75) is 0 Å². The van der Waals surface area contributed by atoms with Gasteiger partial charge in [0.05, 0.1) is 5.69 Å². The fraction of sp³-hybridized carbons (Fsp3) is 0.0370. The number of hydrogen-bond donors (Lipinski definition) is 0. The highest BCUT2D eigenvalue weighted by atomic mass is 15.0. The van der Waals surface area contributed by atoms with Gasteiger partial charge in [0.15, 0.2) is 0 Å². The van der Waals surface area contributed by atoms with Crippen LogP contribution in [0, 0.1) is 0 Å². The summed E-state index contributed by atoms with van der Waals surface area (Å²) in [5.41, 5.74) is 8.77. The number of fused-ring (bicyclic) bond motifs is 1. The molecule has 0 N–H and O–H groups in total. The standard InChI is InChI=1S/C27H21N/c1-28-25-18-17-23(20-11-5-2-6-12-20)19-24(25)26(21-13-7-3-8-14-21)27(28)22-15-9-4-10-16-22/h2-19H,1H3. The van der Waals surface area contributed by atoms with Crippen LogP contribution in [-0.4, -0.2) is 4.57 Å². The molecule has 28 heavy (non-hydrogen) atoms. The third-order valence-corrected chi connectivity index (χ3v) is 5.42. The van der Waals surface area contributed by atoms with E-state index < -0.39 is 0 Å². The molecular formula is C27H21N. The molecule has 1 nitrogen and oxygen atoms in total. The van der Waals surface area contributed by atoms with Crippen molar-refractivity contribution in [1.29, 1.82) is 0 Å². The van der Waals surface area contributed by atoms with E-state index in [2.05, 4.69) is 121 Å². The van der Waals surface area contributed by atoms with Crippen molar-refractivity contribution >= 4 is 10.9 Å². The summed E-state index contributed by atoms with van der Waals surface area (Å²) in [6.07, 6.45) is 0. The van der Waals surface area contributed by atoms with Gasteiger partial charge in [0.1, 0.15) is 0 Å². The van der Waals surface area contributed by atoms with Crippen molar-refractivity contribution < 1.29 is 0 Å². The monoisotopic (exact) mass is 359 g/mol. The van der Waals surface area contributed by atoms with Crippen LogP contribution >= 0.6 is 0 Å². The molecule has 1 heterocycles. The summed E-state index contributed by atoms with van der Waals surface area (Å²) in [6, 6.07) is 38.8. The van der Waals surface area contributed by atoms with Gasteiger partial charge in [0, 0.05) is 23.5 Å². The van der Waals surface area contributed by atoms with Gasteiger partial charge in [-0.15, -0.1) is 0 Å². The largest absolute Gasteiger partial charge is 0.343 e. The van der Waals surface area contributed by atoms with Crippen LogP contribution in [0.2, 0.25) is 0 Å². The summed E-state index contributed by atoms with van der Waals surface area (Å²) in [6.45, 7) is 0. The number of hydrogen-bond acceptors (Lipinski definition) is 0. The van der Waals surface area contributed by atoms with Crippen LogP contribution in [0.5, 0.6) is 0 Å². The van der Waals surface area contributed by atoms with Crippen LogP contribution in [0.25, 0.3) is 44.4 Å². The van der Waals surface area contributed by atoms with Gasteiger partial charge in [-0.2, -0.15) is 0 Å². The highest BCUT2D eigenvalue weighted by Gasteiger charge is 2.18. The molecule has 0 fully saturated rings. The van der Waals surface area contributed by atoms with Crippen LogP contribution in [0.4, 0.5) is 0 Å². The number of benzene rings is 4. The minimum atomic E-state index is 1.24. The quantitative estimate of drug-likeness (QED) is 0.321. The Hall–Kier alpha value is -3.58. The molecule has 0 aliphatic carbocycles. The van der Waals surface area contributed by atoms with Gasteiger partial charge in [-0.25, -0.2) is 0 Å². The minimum Gasteiger partial charge on any atom is -0.343 e. The smallest absolute Gasteiger partial charge is 0.0568 e. The number of aromatic nitrogens is 1. The summed E-state index contributed by atoms with van der Waals surface area (Å²) in [4.78, 5) is 0. The van der Waals surface area contributed by atoms with Crippen molar-refractivity contribution in [3.05, 3.63) is 109 Å². The Bertz CT molecular complexity index is 1230. The van der Waals surface area contributed by atoms with Crippen molar-refractivity contribution in [2.75, 3.05) is 0 Å². The zero-order valence-electron chi connectivity index (χ0n) is 15.8. The van der Waals surface area contributed by atoms with E-state index in [-0.39, 0.29) is 0 Å². The summed E-state index contributed by atoms with van der Waals surface area (Å²) < 4.78 is 2.32. The Balaban J connectivity index is 1.85.